The lowest BCUT2D eigenvalue weighted by Gasteiger charge is -2.37. The molecule has 1 aliphatic carbocycles. The highest BCUT2D eigenvalue weighted by molar-refractivity contribution is 7.99. The van der Waals surface area contributed by atoms with E-state index in [4.69, 9.17) is 5.73 Å². The van der Waals surface area contributed by atoms with Crippen molar-refractivity contribution < 1.29 is 13.2 Å². The van der Waals surface area contributed by atoms with Crippen LogP contribution in [0.25, 0.3) is 0 Å². The first kappa shape index (κ1) is 21.0. The van der Waals surface area contributed by atoms with Gasteiger partial charge in [-0.3, -0.25) is 4.79 Å². The number of carbonyl (C=O) groups is 1. The normalized spacial score (nSPS) is 29.6. The Morgan fingerprint density at radius 2 is 2.00 bits per heavy atom. The average molecular weight is 386 g/mol. The number of nitrogens with two attached hydrogens (primary N) is 1. The number of halogens is 1. The minimum Gasteiger partial charge on any atom is -0.355 e. The summed E-state index contributed by atoms with van der Waals surface area (Å²) in [7, 11) is -3.26. The van der Waals surface area contributed by atoms with E-state index in [2.05, 4.69) is 5.32 Å². The molecule has 1 heterocycles. The van der Waals surface area contributed by atoms with Gasteiger partial charge in [-0.2, -0.15) is 11.8 Å². The Labute approximate surface area is 149 Å². The molecule has 6 nitrogen and oxygen atoms in total. The number of hydrogen-bond acceptors (Lipinski definition) is 5. The van der Waals surface area contributed by atoms with E-state index in [0.717, 1.165) is 37.2 Å². The van der Waals surface area contributed by atoms with E-state index < -0.39 is 15.6 Å². The standard InChI is InChI=1S/C14H27N3O3S2.ClH/c1-14(15)5-3-2-4-12(14)13(18)16-6-11-22(19,20)17-7-9-21-10-8-17;/h12H,2-11,15H2,1H3,(H,16,18);1H. The predicted octanol–water partition coefficient (Wildman–Crippen LogP) is 0.811. The van der Waals surface area contributed by atoms with Crippen LogP contribution in [0.5, 0.6) is 0 Å². The fourth-order valence-corrected chi connectivity index (χ4v) is 5.66. The van der Waals surface area contributed by atoms with Crippen molar-refractivity contribution in [3.8, 4) is 0 Å². The summed E-state index contributed by atoms with van der Waals surface area (Å²) in [5, 5.41) is 2.77. The fraction of sp³-hybridized carbons (Fsp3) is 0.929. The van der Waals surface area contributed by atoms with Crippen LogP contribution in [0.4, 0.5) is 0 Å². The van der Waals surface area contributed by atoms with Crippen LogP contribution in [-0.4, -0.2) is 61.1 Å². The quantitative estimate of drug-likeness (QED) is 0.730. The monoisotopic (exact) mass is 385 g/mol. The molecule has 0 aromatic rings. The van der Waals surface area contributed by atoms with E-state index in [1.54, 1.807) is 11.8 Å². The molecule has 23 heavy (non-hydrogen) atoms. The second kappa shape index (κ2) is 8.89. The molecule has 2 rings (SSSR count). The van der Waals surface area contributed by atoms with Crippen LogP contribution in [0.2, 0.25) is 0 Å². The van der Waals surface area contributed by atoms with Crippen LogP contribution in [0.1, 0.15) is 32.6 Å². The number of hydrogen-bond donors (Lipinski definition) is 2. The van der Waals surface area contributed by atoms with Crippen molar-refractivity contribution in [2.24, 2.45) is 11.7 Å². The third kappa shape index (κ3) is 5.77. The van der Waals surface area contributed by atoms with Crippen LogP contribution in [-0.2, 0) is 14.8 Å². The lowest BCUT2D eigenvalue weighted by atomic mass is 9.74. The Bertz CT molecular complexity index is 493. The Kier molecular flexibility index (Phi) is 8.13. The predicted molar refractivity (Wildman–Crippen MR) is 97.5 cm³/mol. The van der Waals surface area contributed by atoms with Crippen molar-refractivity contribution in [2.45, 2.75) is 38.1 Å². The summed E-state index contributed by atoms with van der Waals surface area (Å²) in [6.45, 7) is 3.23. The topological polar surface area (TPSA) is 92.5 Å². The second-order valence-electron chi connectivity index (χ2n) is 6.42. The summed E-state index contributed by atoms with van der Waals surface area (Å²) in [5.41, 5.74) is 5.73. The maximum absolute atomic E-state index is 12.3. The number of sulfonamides is 1. The van der Waals surface area contributed by atoms with Gasteiger partial charge in [0.15, 0.2) is 0 Å². The molecule has 3 N–H and O–H groups in total. The number of rotatable bonds is 5. The summed E-state index contributed by atoms with van der Waals surface area (Å²) in [5.74, 6) is 1.35. The number of nitrogens with one attached hydrogen (secondary N) is 1. The largest absolute Gasteiger partial charge is 0.355 e. The van der Waals surface area contributed by atoms with Gasteiger partial charge in [-0.05, 0) is 19.8 Å². The Morgan fingerprint density at radius 3 is 2.61 bits per heavy atom. The van der Waals surface area contributed by atoms with Gasteiger partial charge < -0.3 is 11.1 Å². The van der Waals surface area contributed by atoms with E-state index in [1.165, 1.54) is 4.31 Å². The zero-order chi connectivity index (χ0) is 16.2. The highest BCUT2D eigenvalue weighted by atomic mass is 35.5. The molecule has 9 heteroatoms. The Hall–Kier alpha value is -0.0200. The molecule has 2 atom stereocenters. The van der Waals surface area contributed by atoms with Crippen LogP contribution in [0.15, 0.2) is 0 Å². The van der Waals surface area contributed by atoms with Crippen molar-refractivity contribution in [1.82, 2.24) is 9.62 Å². The zero-order valence-electron chi connectivity index (χ0n) is 13.6. The van der Waals surface area contributed by atoms with Gasteiger partial charge in [0, 0.05) is 36.7 Å². The third-order valence-corrected chi connectivity index (χ3v) is 7.41. The van der Waals surface area contributed by atoms with Crippen LogP contribution < -0.4 is 11.1 Å². The van der Waals surface area contributed by atoms with Gasteiger partial charge in [0.05, 0.1) is 11.7 Å². The van der Waals surface area contributed by atoms with Gasteiger partial charge in [0.25, 0.3) is 0 Å². The van der Waals surface area contributed by atoms with E-state index in [-0.39, 0.29) is 36.5 Å². The summed E-state index contributed by atoms with van der Waals surface area (Å²) in [6.07, 6.45) is 3.69. The molecule has 1 saturated carbocycles. The summed E-state index contributed by atoms with van der Waals surface area (Å²) >= 11 is 1.77. The first-order valence-corrected chi connectivity index (χ1v) is 10.7. The lowest BCUT2D eigenvalue weighted by molar-refractivity contribution is -0.127. The third-order valence-electron chi connectivity index (χ3n) is 4.59. The highest BCUT2D eigenvalue weighted by Crippen LogP contribution is 2.31. The molecule has 0 spiro atoms. The van der Waals surface area contributed by atoms with Gasteiger partial charge in [0.2, 0.25) is 15.9 Å². The minimum absolute atomic E-state index is 0. The smallest absolute Gasteiger partial charge is 0.224 e. The molecule has 1 aliphatic heterocycles. The van der Waals surface area contributed by atoms with E-state index >= 15 is 0 Å². The van der Waals surface area contributed by atoms with Crippen molar-refractivity contribution in [2.75, 3.05) is 36.9 Å². The first-order chi connectivity index (χ1) is 10.3. The molecule has 2 unspecified atom stereocenters. The van der Waals surface area contributed by atoms with E-state index in [1.807, 2.05) is 6.92 Å². The van der Waals surface area contributed by atoms with Gasteiger partial charge in [-0.1, -0.05) is 12.8 Å². The van der Waals surface area contributed by atoms with Crippen molar-refractivity contribution in [3.63, 3.8) is 0 Å². The maximum atomic E-state index is 12.3. The number of thioether (sulfide) groups is 1. The van der Waals surface area contributed by atoms with Gasteiger partial charge in [-0.15, -0.1) is 12.4 Å². The van der Waals surface area contributed by atoms with Crippen LogP contribution >= 0.6 is 24.2 Å². The minimum atomic E-state index is -3.26. The summed E-state index contributed by atoms with van der Waals surface area (Å²) < 4.78 is 26.0. The van der Waals surface area contributed by atoms with Crippen LogP contribution in [0, 0.1) is 5.92 Å². The molecule has 0 bridgehead atoms. The highest BCUT2D eigenvalue weighted by Gasteiger charge is 2.37. The Balaban J connectivity index is 0.00000264. The van der Waals surface area contributed by atoms with E-state index in [0.29, 0.717) is 13.1 Å². The molecule has 0 radical (unpaired) electrons. The molecule has 2 fully saturated rings. The fourth-order valence-electron chi connectivity index (χ4n) is 3.17. The van der Waals surface area contributed by atoms with Crippen molar-refractivity contribution in [1.29, 1.82) is 0 Å². The maximum Gasteiger partial charge on any atom is 0.224 e. The molecule has 0 aromatic carbocycles. The molecular formula is C14H28ClN3O3S2. The van der Waals surface area contributed by atoms with E-state index in [9.17, 15) is 13.2 Å². The van der Waals surface area contributed by atoms with Crippen molar-refractivity contribution >= 4 is 40.1 Å². The van der Waals surface area contributed by atoms with Crippen LogP contribution in [0.3, 0.4) is 0 Å². The van der Waals surface area contributed by atoms with Gasteiger partial charge in [0.1, 0.15) is 0 Å². The Morgan fingerprint density at radius 1 is 1.35 bits per heavy atom. The average Bonchev–Trinajstić information content (AvgIpc) is 2.47. The molecule has 1 saturated heterocycles. The first-order valence-electron chi connectivity index (χ1n) is 7.95. The molecule has 2 aliphatic rings. The molecule has 0 aromatic heterocycles. The summed E-state index contributed by atoms with van der Waals surface area (Å²) in [4.78, 5) is 12.3. The number of nitrogens with zero attached hydrogens (tertiary/aromatic N) is 1. The summed E-state index contributed by atoms with van der Waals surface area (Å²) in [6, 6.07) is 0. The van der Waals surface area contributed by atoms with Gasteiger partial charge >= 0.3 is 0 Å². The van der Waals surface area contributed by atoms with Crippen molar-refractivity contribution in [3.05, 3.63) is 0 Å². The van der Waals surface area contributed by atoms with Gasteiger partial charge in [-0.25, -0.2) is 12.7 Å². The number of amides is 1. The molecular weight excluding hydrogens is 358 g/mol. The number of carbonyl (C=O) groups excluding carboxylic acids is 1. The molecule has 136 valence electrons. The SMILES string of the molecule is CC1(N)CCCCC1C(=O)NCCS(=O)(=O)N1CCSCC1.Cl. The zero-order valence-corrected chi connectivity index (χ0v) is 16.1. The lowest BCUT2D eigenvalue weighted by Crippen LogP contribution is -2.53. The second-order valence-corrected chi connectivity index (χ2v) is 9.74. The molecule has 1 amide bonds.